The van der Waals surface area contributed by atoms with Crippen LogP contribution in [0.2, 0.25) is 0 Å². The number of pyridine rings is 1. The smallest absolute Gasteiger partial charge is 0.414 e. The molecule has 3 aromatic rings. The van der Waals surface area contributed by atoms with Crippen LogP contribution in [-0.4, -0.2) is 66.8 Å². The normalized spacial score (nSPS) is 16.2. The van der Waals surface area contributed by atoms with Crippen LogP contribution in [0.3, 0.4) is 0 Å². The molecule has 1 fully saturated rings. The molecule has 1 saturated heterocycles. The van der Waals surface area contributed by atoms with Crippen molar-refractivity contribution < 1.29 is 28.6 Å². The monoisotopic (exact) mass is 619 g/mol. The van der Waals surface area contributed by atoms with E-state index in [2.05, 4.69) is 27.0 Å². The molecular formula is C32H37N5O6S. The van der Waals surface area contributed by atoms with Gasteiger partial charge in [-0.1, -0.05) is 24.3 Å². The van der Waals surface area contributed by atoms with E-state index in [1.165, 1.54) is 11.8 Å². The molecule has 2 aromatic carbocycles. The lowest BCUT2D eigenvalue weighted by Crippen LogP contribution is -2.34. The molecule has 2 aliphatic rings. The predicted molar refractivity (Wildman–Crippen MR) is 169 cm³/mol. The maximum absolute atomic E-state index is 12.6. The summed E-state index contributed by atoms with van der Waals surface area (Å²) < 4.78 is 16.6. The van der Waals surface area contributed by atoms with Crippen molar-refractivity contribution in [2.75, 3.05) is 42.2 Å². The lowest BCUT2D eigenvalue weighted by atomic mass is 10.1. The molecule has 1 unspecified atom stereocenters. The van der Waals surface area contributed by atoms with Crippen molar-refractivity contribution in [1.82, 2.24) is 15.6 Å². The van der Waals surface area contributed by atoms with Crippen LogP contribution in [0, 0.1) is 0 Å². The van der Waals surface area contributed by atoms with Gasteiger partial charge in [0.2, 0.25) is 11.8 Å². The third-order valence-corrected chi connectivity index (χ3v) is 7.79. The first-order valence-corrected chi connectivity index (χ1v) is 15.5. The molecule has 0 spiro atoms. The van der Waals surface area contributed by atoms with Gasteiger partial charge < -0.3 is 30.2 Å². The molecule has 44 heavy (non-hydrogen) atoms. The Morgan fingerprint density at radius 1 is 1.11 bits per heavy atom. The first-order chi connectivity index (χ1) is 21.1. The zero-order valence-electron chi connectivity index (χ0n) is 25.1. The van der Waals surface area contributed by atoms with Gasteiger partial charge in [-0.25, -0.2) is 14.6 Å². The lowest BCUT2D eigenvalue weighted by Gasteiger charge is -2.20. The number of ether oxygens (including phenoxy) is 3. The van der Waals surface area contributed by atoms with Gasteiger partial charge in [-0.15, -0.1) is 11.8 Å². The van der Waals surface area contributed by atoms with E-state index in [4.69, 9.17) is 14.2 Å². The zero-order valence-corrected chi connectivity index (χ0v) is 25.9. The zero-order chi connectivity index (χ0) is 31.1. The van der Waals surface area contributed by atoms with Crippen LogP contribution in [0.25, 0.3) is 11.3 Å². The average Bonchev–Trinajstić information content (AvgIpc) is 3.36. The Bertz CT molecular complexity index is 1510. The molecule has 3 heterocycles. The van der Waals surface area contributed by atoms with Crippen LogP contribution in [0.15, 0.2) is 65.6 Å². The van der Waals surface area contributed by atoms with Gasteiger partial charge in [-0.2, -0.15) is 0 Å². The fourth-order valence-corrected chi connectivity index (χ4v) is 5.53. The van der Waals surface area contributed by atoms with Gasteiger partial charge in [-0.3, -0.25) is 9.69 Å². The minimum atomic E-state index is -0.553. The van der Waals surface area contributed by atoms with E-state index in [0.29, 0.717) is 49.9 Å². The number of carbonyl (C=O) groups is 3. The Hall–Kier alpha value is -4.29. The summed E-state index contributed by atoms with van der Waals surface area (Å²) in [5.74, 6) is 0.823. The Morgan fingerprint density at radius 3 is 2.80 bits per heavy atom. The quantitative estimate of drug-likeness (QED) is 0.248. The molecule has 1 atom stereocenters. The number of amides is 3. The molecule has 3 N–H and O–H groups in total. The minimum Gasteiger partial charge on any atom is -0.476 e. The number of carbonyl (C=O) groups excluding carboxylic acids is 3. The summed E-state index contributed by atoms with van der Waals surface area (Å²) in [6.07, 6.45) is -0.423. The summed E-state index contributed by atoms with van der Waals surface area (Å²) in [7, 11) is 0. The molecule has 5 rings (SSSR count). The largest absolute Gasteiger partial charge is 0.476 e. The summed E-state index contributed by atoms with van der Waals surface area (Å²) in [5.41, 5.74) is 3.72. The van der Waals surface area contributed by atoms with Crippen molar-refractivity contribution in [2.45, 2.75) is 50.3 Å². The third kappa shape index (κ3) is 8.64. The summed E-state index contributed by atoms with van der Waals surface area (Å²) in [5, 5.41) is 8.98. The van der Waals surface area contributed by atoms with Gasteiger partial charge in [0.15, 0.2) is 0 Å². The Labute approximate surface area is 261 Å². The predicted octanol–water partition coefficient (Wildman–Crippen LogP) is 5.20. The molecule has 11 nitrogen and oxygen atoms in total. The van der Waals surface area contributed by atoms with Crippen molar-refractivity contribution in [3.8, 4) is 17.1 Å². The highest BCUT2D eigenvalue weighted by Gasteiger charge is 2.32. The summed E-state index contributed by atoms with van der Waals surface area (Å²) in [6, 6.07) is 19.3. The Morgan fingerprint density at radius 2 is 1.95 bits per heavy atom. The van der Waals surface area contributed by atoms with E-state index in [9.17, 15) is 14.4 Å². The van der Waals surface area contributed by atoms with Crippen LogP contribution in [0.4, 0.5) is 21.0 Å². The summed E-state index contributed by atoms with van der Waals surface area (Å²) in [6.45, 7) is 7.77. The van der Waals surface area contributed by atoms with E-state index in [1.807, 2.05) is 69.3 Å². The molecule has 0 saturated carbocycles. The molecule has 12 heteroatoms. The SMILES string of the molecule is CC(C)(C)OC(=O)NCCOc1cccc(-c2cccc(CNCCC3CN(c4ccc5c(c4)NC(=O)CS5)C(=O)O3)c2)n1. The third-order valence-electron chi connectivity index (χ3n) is 6.72. The van der Waals surface area contributed by atoms with Crippen LogP contribution in [0.5, 0.6) is 5.88 Å². The lowest BCUT2D eigenvalue weighted by molar-refractivity contribution is -0.113. The number of aromatic nitrogens is 1. The number of nitrogens with zero attached hydrogens (tertiary/aromatic N) is 2. The number of fused-ring (bicyclic) bond motifs is 1. The topological polar surface area (TPSA) is 131 Å². The number of nitrogens with one attached hydrogen (secondary N) is 3. The molecular weight excluding hydrogens is 582 g/mol. The summed E-state index contributed by atoms with van der Waals surface area (Å²) >= 11 is 1.49. The minimum absolute atomic E-state index is 0.0431. The fourth-order valence-electron chi connectivity index (χ4n) is 4.74. The first kappa shape index (κ1) is 31.1. The fraction of sp³-hybridized carbons (Fsp3) is 0.375. The standard InChI is InChI=1S/C32H37N5O6S/c1-32(2,3)43-30(39)34-14-15-41-29-9-5-8-25(36-29)22-7-4-6-21(16-22)18-33-13-12-24-19-37(31(40)42-24)23-10-11-27-26(17-23)35-28(38)20-44-27/h4-11,16-17,24,33H,12-15,18-20H2,1-3H3,(H,34,39)(H,35,38). The maximum Gasteiger partial charge on any atom is 0.414 e. The van der Waals surface area contributed by atoms with Crippen molar-refractivity contribution >= 4 is 41.2 Å². The van der Waals surface area contributed by atoms with Crippen LogP contribution < -0.4 is 25.6 Å². The molecule has 1 aromatic heterocycles. The number of hydrogen-bond acceptors (Lipinski definition) is 9. The maximum atomic E-state index is 12.6. The highest BCUT2D eigenvalue weighted by atomic mass is 32.2. The van der Waals surface area contributed by atoms with Crippen molar-refractivity contribution in [2.24, 2.45) is 0 Å². The van der Waals surface area contributed by atoms with Crippen LogP contribution >= 0.6 is 11.8 Å². The molecule has 0 bridgehead atoms. The van der Waals surface area contributed by atoms with Crippen molar-refractivity contribution in [3.05, 3.63) is 66.2 Å². The van der Waals surface area contributed by atoms with Gasteiger partial charge in [0, 0.05) is 28.8 Å². The van der Waals surface area contributed by atoms with E-state index in [-0.39, 0.29) is 24.7 Å². The van der Waals surface area contributed by atoms with E-state index in [0.717, 1.165) is 27.4 Å². The van der Waals surface area contributed by atoms with Crippen LogP contribution in [0.1, 0.15) is 32.8 Å². The van der Waals surface area contributed by atoms with E-state index in [1.54, 1.807) is 11.0 Å². The second kappa shape index (κ2) is 14.0. The number of alkyl carbamates (subject to hydrolysis) is 1. The number of anilines is 2. The van der Waals surface area contributed by atoms with Gasteiger partial charge in [-0.05, 0) is 69.6 Å². The highest BCUT2D eigenvalue weighted by molar-refractivity contribution is 8.00. The molecule has 3 amide bonds. The molecule has 2 aliphatic heterocycles. The van der Waals surface area contributed by atoms with Gasteiger partial charge >= 0.3 is 12.2 Å². The summed E-state index contributed by atoms with van der Waals surface area (Å²) in [4.78, 5) is 43.3. The van der Waals surface area contributed by atoms with Gasteiger partial charge in [0.05, 0.1) is 30.2 Å². The van der Waals surface area contributed by atoms with E-state index < -0.39 is 11.7 Å². The Kier molecular flexibility index (Phi) is 9.91. The van der Waals surface area contributed by atoms with Gasteiger partial charge in [0.25, 0.3) is 0 Å². The number of thioether (sulfide) groups is 1. The van der Waals surface area contributed by atoms with Gasteiger partial charge in [0.1, 0.15) is 18.3 Å². The number of rotatable bonds is 11. The number of hydrogen-bond donors (Lipinski definition) is 3. The molecule has 0 aliphatic carbocycles. The Balaban J connectivity index is 1.06. The van der Waals surface area contributed by atoms with E-state index >= 15 is 0 Å². The first-order valence-electron chi connectivity index (χ1n) is 14.5. The second-order valence-electron chi connectivity index (χ2n) is 11.4. The number of cyclic esters (lactones) is 1. The number of benzene rings is 2. The van der Waals surface area contributed by atoms with Crippen molar-refractivity contribution in [1.29, 1.82) is 0 Å². The van der Waals surface area contributed by atoms with Crippen LogP contribution in [-0.2, 0) is 20.8 Å². The molecule has 232 valence electrons. The van der Waals surface area contributed by atoms with Crippen molar-refractivity contribution in [3.63, 3.8) is 0 Å². The highest BCUT2D eigenvalue weighted by Crippen LogP contribution is 2.35. The molecule has 0 radical (unpaired) electrons. The second-order valence-corrected chi connectivity index (χ2v) is 12.5. The average molecular weight is 620 g/mol.